The largest absolute Gasteiger partial charge is 0.462 e. The third kappa shape index (κ3) is 7.36. The highest BCUT2D eigenvalue weighted by molar-refractivity contribution is 5.72. The first-order valence-corrected chi connectivity index (χ1v) is 10.7. The smallest absolute Gasteiger partial charge is 0.309 e. The molecule has 3 nitrogen and oxygen atoms in total. The molecule has 0 spiro atoms. The van der Waals surface area contributed by atoms with Gasteiger partial charge in [-0.05, 0) is 63.2 Å². The number of nitriles is 1. The summed E-state index contributed by atoms with van der Waals surface area (Å²) in [6.07, 6.45) is 21.4. The summed E-state index contributed by atoms with van der Waals surface area (Å²) >= 11 is 0. The van der Waals surface area contributed by atoms with Crippen LogP contribution in [0.25, 0.3) is 0 Å². The number of nitrogens with zero attached hydrogens (tertiary/aromatic N) is 1. The van der Waals surface area contributed by atoms with Gasteiger partial charge in [-0.1, -0.05) is 50.8 Å². The Kier molecular flexibility index (Phi) is 9.53. The Morgan fingerprint density at radius 2 is 1.77 bits per heavy atom. The zero-order chi connectivity index (χ0) is 18.6. The van der Waals surface area contributed by atoms with Crippen molar-refractivity contribution in [3.8, 4) is 6.07 Å². The summed E-state index contributed by atoms with van der Waals surface area (Å²) in [6.45, 7) is 2.25. The van der Waals surface area contributed by atoms with Crippen LogP contribution in [0.5, 0.6) is 0 Å². The van der Waals surface area contributed by atoms with E-state index in [-0.39, 0.29) is 18.0 Å². The van der Waals surface area contributed by atoms with Crippen LogP contribution in [-0.4, -0.2) is 12.1 Å². The van der Waals surface area contributed by atoms with Crippen molar-refractivity contribution in [1.82, 2.24) is 0 Å². The first-order valence-electron chi connectivity index (χ1n) is 10.7. The van der Waals surface area contributed by atoms with Crippen LogP contribution >= 0.6 is 0 Å². The number of hydrogen-bond acceptors (Lipinski definition) is 3. The molecule has 0 aromatic carbocycles. The van der Waals surface area contributed by atoms with Crippen LogP contribution in [0, 0.1) is 29.1 Å². The maximum atomic E-state index is 12.5. The lowest BCUT2D eigenvalue weighted by Crippen LogP contribution is -2.29. The molecule has 144 valence electrons. The summed E-state index contributed by atoms with van der Waals surface area (Å²) in [4.78, 5) is 12.5. The second kappa shape index (κ2) is 11.9. The molecule has 0 radical (unpaired) electrons. The van der Waals surface area contributed by atoms with Gasteiger partial charge in [0.15, 0.2) is 0 Å². The molecule has 2 saturated carbocycles. The number of allylic oxidation sites excluding steroid dienone is 4. The minimum atomic E-state index is 0.0629. The molecule has 0 bridgehead atoms. The highest BCUT2D eigenvalue weighted by atomic mass is 16.5. The third-order valence-electron chi connectivity index (χ3n) is 6.06. The first kappa shape index (κ1) is 20.7. The molecule has 0 atom stereocenters. The predicted molar refractivity (Wildman–Crippen MR) is 105 cm³/mol. The number of rotatable bonds is 8. The van der Waals surface area contributed by atoms with Crippen LogP contribution in [0.4, 0.5) is 0 Å². The summed E-state index contributed by atoms with van der Waals surface area (Å²) in [5, 5.41) is 8.47. The normalized spacial score (nSPS) is 29.7. The Morgan fingerprint density at radius 1 is 1.04 bits per heavy atom. The lowest BCUT2D eigenvalue weighted by Gasteiger charge is -2.31. The number of carbonyl (C=O) groups excluding carboxylic acids is 1. The van der Waals surface area contributed by atoms with Crippen LogP contribution < -0.4 is 0 Å². The van der Waals surface area contributed by atoms with Gasteiger partial charge in [-0.15, -0.1) is 0 Å². The van der Waals surface area contributed by atoms with Crippen molar-refractivity contribution in [2.75, 3.05) is 0 Å². The summed E-state index contributed by atoms with van der Waals surface area (Å²) in [7, 11) is 0. The van der Waals surface area contributed by atoms with Gasteiger partial charge in [0.1, 0.15) is 6.10 Å². The molecular weight excluding hydrogens is 322 g/mol. The second-order valence-corrected chi connectivity index (χ2v) is 8.06. The topological polar surface area (TPSA) is 50.1 Å². The Bertz CT molecular complexity index is 501. The quantitative estimate of drug-likeness (QED) is 0.228. The molecule has 3 heteroatoms. The maximum absolute atomic E-state index is 12.5. The van der Waals surface area contributed by atoms with Gasteiger partial charge < -0.3 is 4.74 Å². The molecule has 0 amide bonds. The second-order valence-electron chi connectivity index (χ2n) is 8.06. The molecule has 2 aliphatic rings. The van der Waals surface area contributed by atoms with Gasteiger partial charge in [0.05, 0.1) is 12.0 Å². The van der Waals surface area contributed by atoms with Crippen molar-refractivity contribution < 1.29 is 9.53 Å². The van der Waals surface area contributed by atoms with Crippen molar-refractivity contribution in [3.05, 3.63) is 24.3 Å². The lowest BCUT2D eigenvalue weighted by molar-refractivity contribution is -0.157. The van der Waals surface area contributed by atoms with Crippen LogP contribution in [-0.2, 0) is 9.53 Å². The monoisotopic (exact) mass is 357 g/mol. The number of unbranched alkanes of at least 4 members (excludes halogenated alkanes) is 2. The summed E-state index contributed by atoms with van der Waals surface area (Å²) < 4.78 is 5.84. The Labute approximate surface area is 159 Å². The van der Waals surface area contributed by atoms with Crippen molar-refractivity contribution in [2.24, 2.45) is 17.8 Å². The van der Waals surface area contributed by atoms with Crippen LogP contribution in [0.1, 0.15) is 84.0 Å². The summed E-state index contributed by atoms with van der Waals surface area (Å²) in [5.74, 6) is 1.59. The van der Waals surface area contributed by atoms with E-state index in [1.165, 1.54) is 44.6 Å². The van der Waals surface area contributed by atoms with E-state index in [0.29, 0.717) is 5.92 Å². The van der Waals surface area contributed by atoms with Gasteiger partial charge in [-0.25, -0.2) is 0 Å². The molecular formula is C23H35NO2. The third-order valence-corrected chi connectivity index (χ3v) is 6.06. The Morgan fingerprint density at radius 3 is 2.42 bits per heavy atom. The zero-order valence-corrected chi connectivity index (χ0v) is 16.4. The van der Waals surface area contributed by atoms with E-state index < -0.39 is 0 Å². The van der Waals surface area contributed by atoms with Gasteiger partial charge in [-0.3, -0.25) is 4.79 Å². The van der Waals surface area contributed by atoms with E-state index >= 15 is 0 Å². The molecule has 0 saturated heterocycles. The van der Waals surface area contributed by atoms with E-state index in [1.807, 2.05) is 12.1 Å². The average Bonchev–Trinajstić information content (AvgIpc) is 2.67. The van der Waals surface area contributed by atoms with E-state index in [0.717, 1.165) is 44.4 Å². The summed E-state index contributed by atoms with van der Waals surface area (Å²) in [6, 6.07) is 1.99. The fourth-order valence-electron chi connectivity index (χ4n) is 4.35. The Balaban J connectivity index is 1.63. The fraction of sp³-hybridized carbons (Fsp3) is 0.739. The Hall–Kier alpha value is -1.56. The summed E-state index contributed by atoms with van der Waals surface area (Å²) in [5.41, 5.74) is 0. The molecule has 0 aromatic rings. The van der Waals surface area contributed by atoms with Gasteiger partial charge in [0.2, 0.25) is 0 Å². The van der Waals surface area contributed by atoms with E-state index in [2.05, 4.69) is 13.0 Å². The number of hydrogen-bond donors (Lipinski definition) is 0. The zero-order valence-electron chi connectivity index (χ0n) is 16.4. The van der Waals surface area contributed by atoms with Crippen LogP contribution in [0.15, 0.2) is 24.3 Å². The van der Waals surface area contributed by atoms with Crippen molar-refractivity contribution in [3.63, 3.8) is 0 Å². The molecule has 0 aliphatic heterocycles. The number of esters is 1. The fourth-order valence-corrected chi connectivity index (χ4v) is 4.35. The molecule has 2 aliphatic carbocycles. The van der Waals surface area contributed by atoms with Crippen LogP contribution in [0.3, 0.4) is 0 Å². The minimum Gasteiger partial charge on any atom is -0.462 e. The molecule has 2 rings (SSSR count). The maximum Gasteiger partial charge on any atom is 0.309 e. The molecule has 26 heavy (non-hydrogen) atoms. The van der Waals surface area contributed by atoms with Gasteiger partial charge >= 0.3 is 5.97 Å². The lowest BCUT2D eigenvalue weighted by atomic mass is 9.79. The SMILES string of the molecule is CCCCC[C@H]1CC[C@H](C(=O)OC2CCC(/C=C/C=CC#N)CC2)CC1. The van der Waals surface area contributed by atoms with E-state index in [9.17, 15) is 4.79 Å². The average molecular weight is 358 g/mol. The van der Waals surface area contributed by atoms with E-state index in [4.69, 9.17) is 10.00 Å². The molecule has 0 aromatic heterocycles. The van der Waals surface area contributed by atoms with Crippen molar-refractivity contribution in [1.29, 1.82) is 5.26 Å². The highest BCUT2D eigenvalue weighted by Crippen LogP contribution is 2.34. The molecule has 2 fully saturated rings. The molecule has 0 N–H and O–H groups in total. The van der Waals surface area contributed by atoms with Crippen molar-refractivity contribution >= 4 is 5.97 Å². The number of carbonyl (C=O) groups is 1. The minimum absolute atomic E-state index is 0.0629. The van der Waals surface area contributed by atoms with Gasteiger partial charge in [0, 0.05) is 6.08 Å². The van der Waals surface area contributed by atoms with E-state index in [1.54, 1.807) is 6.08 Å². The molecule has 0 heterocycles. The standard InChI is InChI=1S/C23H35NO2/c1-2-3-5-8-19-10-14-21(15-11-19)23(25)26-22-16-12-20(13-17-22)9-6-4-7-18-24/h4,6-7,9,19-22H,2-3,5,8,10-17H2,1H3/b7-4?,9-6+/t19-,20?,21-,22?. The first-order chi connectivity index (χ1) is 12.7. The molecule has 0 unspecified atom stereocenters. The van der Waals surface area contributed by atoms with Crippen molar-refractivity contribution in [2.45, 2.75) is 90.1 Å². The predicted octanol–water partition coefficient (Wildman–Crippen LogP) is 6.11. The van der Waals surface area contributed by atoms with Crippen LogP contribution in [0.2, 0.25) is 0 Å². The highest BCUT2D eigenvalue weighted by Gasteiger charge is 2.30. The number of ether oxygens (including phenoxy) is 1. The van der Waals surface area contributed by atoms with Gasteiger partial charge in [0.25, 0.3) is 0 Å². The van der Waals surface area contributed by atoms with Gasteiger partial charge in [-0.2, -0.15) is 5.26 Å².